The minimum Gasteiger partial charge on any atom is -0.337 e. The van der Waals surface area contributed by atoms with E-state index in [1.54, 1.807) is 29.5 Å². The fraction of sp³-hybridized carbons (Fsp3) is 0.353. The van der Waals surface area contributed by atoms with Gasteiger partial charge in [0.2, 0.25) is 5.91 Å². The zero-order valence-electron chi connectivity index (χ0n) is 14.3. The fourth-order valence-electron chi connectivity index (χ4n) is 2.19. The Morgan fingerprint density at radius 1 is 1.21 bits per heavy atom. The van der Waals surface area contributed by atoms with Crippen molar-refractivity contribution in [3.05, 3.63) is 39.8 Å². The Balaban J connectivity index is 1.94. The molecule has 0 radical (unpaired) electrons. The molecule has 0 unspecified atom stereocenters. The van der Waals surface area contributed by atoms with Gasteiger partial charge in [-0.15, -0.1) is 11.3 Å². The van der Waals surface area contributed by atoms with Crippen LogP contribution in [0.5, 0.6) is 0 Å². The quantitative estimate of drug-likeness (QED) is 0.773. The van der Waals surface area contributed by atoms with Crippen LogP contribution in [0.2, 0.25) is 0 Å². The number of nitrogens with one attached hydrogen (secondary N) is 3. The molecule has 0 fully saturated rings. The van der Waals surface area contributed by atoms with Crippen LogP contribution in [0.4, 0.5) is 16.2 Å². The summed E-state index contributed by atoms with van der Waals surface area (Å²) in [6.45, 7) is 7.79. The summed E-state index contributed by atoms with van der Waals surface area (Å²) in [5.41, 5.74) is 3.16. The first-order valence-corrected chi connectivity index (χ1v) is 8.59. The first-order valence-electron chi connectivity index (χ1n) is 7.71. The molecular formula is C17H22N4O2S. The maximum Gasteiger partial charge on any atom is 0.319 e. The van der Waals surface area contributed by atoms with Crippen LogP contribution >= 0.6 is 11.3 Å². The lowest BCUT2D eigenvalue weighted by Gasteiger charge is -2.14. The number of carbonyl (C=O) groups excluding carboxylic acids is 2. The molecule has 0 aliphatic heterocycles. The Morgan fingerprint density at radius 3 is 2.46 bits per heavy atom. The first-order chi connectivity index (χ1) is 11.4. The lowest BCUT2D eigenvalue weighted by molar-refractivity contribution is -0.114. The van der Waals surface area contributed by atoms with Gasteiger partial charge in [0.1, 0.15) is 0 Å². The third-order valence-corrected chi connectivity index (χ3v) is 4.71. The maximum absolute atomic E-state index is 12.1. The summed E-state index contributed by atoms with van der Waals surface area (Å²) in [5.74, 6) is 0.00790. The van der Waals surface area contributed by atoms with Gasteiger partial charge >= 0.3 is 6.03 Å². The van der Waals surface area contributed by atoms with Crippen LogP contribution in [-0.2, 0) is 4.79 Å². The van der Waals surface area contributed by atoms with Gasteiger partial charge in [-0.3, -0.25) is 4.79 Å². The van der Waals surface area contributed by atoms with Gasteiger partial charge in [0, 0.05) is 41.8 Å². The predicted octanol–water partition coefficient (Wildman–Crippen LogP) is 3.64. The number of carbonyl (C=O) groups is 2. The van der Waals surface area contributed by atoms with Gasteiger partial charge < -0.3 is 16.0 Å². The number of aromatic nitrogens is 1. The highest BCUT2D eigenvalue weighted by molar-refractivity contribution is 7.09. The van der Waals surface area contributed by atoms with Crippen molar-refractivity contribution < 1.29 is 9.59 Å². The molecule has 24 heavy (non-hydrogen) atoms. The van der Waals surface area contributed by atoms with Crippen LogP contribution in [0.3, 0.4) is 0 Å². The molecule has 0 bridgehead atoms. The molecule has 0 aliphatic carbocycles. The van der Waals surface area contributed by atoms with E-state index in [2.05, 4.69) is 20.9 Å². The summed E-state index contributed by atoms with van der Waals surface area (Å²) in [6.07, 6.45) is 0. The number of benzene rings is 1. The maximum atomic E-state index is 12.1. The zero-order valence-corrected chi connectivity index (χ0v) is 15.1. The molecule has 1 aromatic heterocycles. The summed E-state index contributed by atoms with van der Waals surface area (Å²) in [7, 11) is 0. The summed E-state index contributed by atoms with van der Waals surface area (Å²) >= 11 is 1.60. The predicted molar refractivity (Wildman–Crippen MR) is 97.8 cm³/mol. The topological polar surface area (TPSA) is 83.1 Å². The van der Waals surface area contributed by atoms with E-state index in [0.29, 0.717) is 17.9 Å². The SMILES string of the molecule is CC(=O)Nc1cccc(NC(=O)NC[C@@H](C)c2nc(C)cs2)c1C. The Kier molecular flexibility index (Phi) is 5.92. The van der Waals surface area contributed by atoms with Gasteiger partial charge in [-0.25, -0.2) is 9.78 Å². The molecule has 128 valence electrons. The molecule has 0 saturated heterocycles. The highest BCUT2D eigenvalue weighted by Gasteiger charge is 2.12. The van der Waals surface area contributed by atoms with Crippen LogP contribution < -0.4 is 16.0 Å². The Bertz CT molecular complexity index is 742. The van der Waals surface area contributed by atoms with E-state index in [1.807, 2.05) is 26.2 Å². The number of amides is 3. The lowest BCUT2D eigenvalue weighted by Crippen LogP contribution is -2.32. The standard InChI is InChI=1S/C17H22N4O2S/c1-10(16-19-11(2)9-24-16)8-18-17(23)21-15-7-5-6-14(12(15)3)20-13(4)22/h5-7,9-10H,8H2,1-4H3,(H,20,22)(H2,18,21,23)/t10-/m1/s1. The van der Waals surface area contributed by atoms with Crippen LogP contribution in [-0.4, -0.2) is 23.5 Å². The van der Waals surface area contributed by atoms with Crippen molar-refractivity contribution in [1.82, 2.24) is 10.3 Å². The first kappa shape index (κ1) is 17.9. The Labute approximate surface area is 145 Å². The monoisotopic (exact) mass is 346 g/mol. The van der Waals surface area contributed by atoms with Crippen LogP contribution in [0.25, 0.3) is 0 Å². The van der Waals surface area contributed by atoms with Crippen LogP contribution in [0, 0.1) is 13.8 Å². The average Bonchev–Trinajstić information content (AvgIpc) is 2.95. The highest BCUT2D eigenvalue weighted by atomic mass is 32.1. The van der Waals surface area contributed by atoms with E-state index in [-0.39, 0.29) is 17.9 Å². The van der Waals surface area contributed by atoms with Gasteiger partial charge in [-0.05, 0) is 31.5 Å². The van der Waals surface area contributed by atoms with E-state index in [9.17, 15) is 9.59 Å². The molecule has 1 heterocycles. The fourth-order valence-corrected chi connectivity index (χ4v) is 3.05. The largest absolute Gasteiger partial charge is 0.337 e. The van der Waals surface area contributed by atoms with Crippen LogP contribution in [0.15, 0.2) is 23.6 Å². The summed E-state index contributed by atoms with van der Waals surface area (Å²) in [4.78, 5) is 27.7. The van der Waals surface area contributed by atoms with Crippen molar-refractivity contribution in [2.45, 2.75) is 33.6 Å². The van der Waals surface area contributed by atoms with Crippen LogP contribution in [0.1, 0.15) is 36.0 Å². The number of anilines is 2. The molecule has 0 spiro atoms. The number of aryl methyl sites for hydroxylation is 1. The normalized spacial score (nSPS) is 11.7. The van der Waals surface area contributed by atoms with Crippen molar-refractivity contribution in [3.8, 4) is 0 Å². The molecule has 7 heteroatoms. The smallest absolute Gasteiger partial charge is 0.319 e. The second-order valence-corrected chi connectivity index (χ2v) is 6.61. The number of thiazole rings is 1. The number of hydrogen-bond donors (Lipinski definition) is 3. The molecule has 0 aliphatic rings. The number of urea groups is 1. The highest BCUT2D eigenvalue weighted by Crippen LogP contribution is 2.23. The number of rotatable bonds is 5. The molecule has 6 nitrogen and oxygen atoms in total. The van der Waals surface area contributed by atoms with E-state index in [4.69, 9.17) is 0 Å². The van der Waals surface area contributed by atoms with Crippen molar-refractivity contribution >= 4 is 34.6 Å². The van der Waals surface area contributed by atoms with E-state index < -0.39 is 0 Å². The van der Waals surface area contributed by atoms with Gasteiger partial charge in [0.25, 0.3) is 0 Å². The van der Waals surface area contributed by atoms with Crippen molar-refractivity contribution in [3.63, 3.8) is 0 Å². The summed E-state index contributed by atoms with van der Waals surface area (Å²) in [5, 5.41) is 11.4. The van der Waals surface area contributed by atoms with E-state index in [1.165, 1.54) is 6.92 Å². The zero-order chi connectivity index (χ0) is 17.7. The van der Waals surface area contributed by atoms with Gasteiger partial charge in [0.15, 0.2) is 0 Å². The van der Waals surface area contributed by atoms with Crippen molar-refractivity contribution in [2.75, 3.05) is 17.2 Å². The Hall–Kier alpha value is -2.41. The summed E-state index contributed by atoms with van der Waals surface area (Å²) in [6, 6.07) is 5.10. The van der Waals surface area contributed by atoms with E-state index in [0.717, 1.165) is 16.3 Å². The molecular weight excluding hydrogens is 324 g/mol. The Morgan fingerprint density at radius 2 is 1.88 bits per heavy atom. The molecule has 1 aromatic carbocycles. The second-order valence-electron chi connectivity index (χ2n) is 5.72. The second kappa shape index (κ2) is 7.92. The van der Waals surface area contributed by atoms with Gasteiger partial charge in [-0.1, -0.05) is 13.0 Å². The van der Waals surface area contributed by atoms with E-state index >= 15 is 0 Å². The molecule has 1 atom stereocenters. The minimum absolute atomic E-state index is 0.146. The third kappa shape index (κ3) is 4.79. The number of nitrogens with zero attached hydrogens (tertiary/aromatic N) is 1. The summed E-state index contributed by atoms with van der Waals surface area (Å²) < 4.78 is 0. The minimum atomic E-state index is -0.279. The van der Waals surface area contributed by atoms with Crippen molar-refractivity contribution in [1.29, 1.82) is 0 Å². The van der Waals surface area contributed by atoms with Gasteiger partial charge in [0.05, 0.1) is 5.01 Å². The number of hydrogen-bond acceptors (Lipinski definition) is 4. The van der Waals surface area contributed by atoms with Gasteiger partial charge in [-0.2, -0.15) is 0 Å². The molecule has 2 rings (SSSR count). The third-order valence-electron chi connectivity index (χ3n) is 3.52. The molecule has 3 amide bonds. The average molecular weight is 346 g/mol. The van der Waals surface area contributed by atoms with Crippen molar-refractivity contribution in [2.24, 2.45) is 0 Å². The molecule has 2 aromatic rings. The lowest BCUT2D eigenvalue weighted by atomic mass is 10.1. The molecule has 3 N–H and O–H groups in total. The molecule has 0 saturated carbocycles.